The molecule has 1 atom stereocenters. The number of nitrogens with one attached hydrogen (secondary N) is 1. The second kappa shape index (κ2) is 4.92. The Morgan fingerprint density at radius 3 is 2.56 bits per heavy atom. The minimum Gasteiger partial charge on any atom is -0.475 e. The quantitative estimate of drug-likeness (QED) is 0.857. The van der Waals surface area contributed by atoms with Crippen LogP contribution in [0.1, 0.15) is 48.1 Å². The Balaban J connectivity index is 2.22. The fraction of sp³-hybridized carbons (Fsp3) is 0.615. The molecule has 1 aliphatic rings. The van der Waals surface area contributed by atoms with Gasteiger partial charge in [-0.3, -0.25) is 0 Å². The molecule has 0 aliphatic heterocycles. The van der Waals surface area contributed by atoms with Crippen molar-refractivity contribution < 1.29 is 9.90 Å². The number of carboxylic acids is 1. The van der Waals surface area contributed by atoms with E-state index in [9.17, 15) is 4.79 Å². The number of nitrogens with zero attached hydrogens (tertiary/aromatic N) is 2. The summed E-state index contributed by atoms with van der Waals surface area (Å²) in [5, 5.41) is 12.3. The van der Waals surface area contributed by atoms with Crippen molar-refractivity contribution in [1.82, 2.24) is 9.97 Å². The van der Waals surface area contributed by atoms with E-state index in [0.717, 1.165) is 5.56 Å². The van der Waals surface area contributed by atoms with Crippen LogP contribution in [-0.2, 0) is 0 Å². The number of hydrogen-bond donors (Lipinski definition) is 2. The molecule has 2 N–H and O–H groups in total. The molecule has 5 heteroatoms. The second-order valence-electron chi connectivity index (χ2n) is 5.04. The van der Waals surface area contributed by atoms with Gasteiger partial charge in [0.25, 0.3) is 0 Å². The van der Waals surface area contributed by atoms with Gasteiger partial charge < -0.3 is 10.4 Å². The first-order valence-corrected chi connectivity index (χ1v) is 6.34. The monoisotopic (exact) mass is 249 g/mol. The molecule has 2 rings (SSSR count). The molecule has 5 nitrogen and oxygen atoms in total. The highest BCUT2D eigenvalue weighted by atomic mass is 16.4. The van der Waals surface area contributed by atoms with Crippen molar-refractivity contribution in [2.45, 2.75) is 46.1 Å². The first-order valence-electron chi connectivity index (χ1n) is 6.34. The highest BCUT2D eigenvalue weighted by Gasteiger charge is 2.25. The minimum atomic E-state index is -1.09. The summed E-state index contributed by atoms with van der Waals surface area (Å²) in [6, 6.07) is 0.327. The molecule has 0 saturated heterocycles. The van der Waals surface area contributed by atoms with Gasteiger partial charge in [0.15, 0.2) is 0 Å². The first-order chi connectivity index (χ1) is 8.49. The van der Waals surface area contributed by atoms with Gasteiger partial charge in [-0.1, -0.05) is 6.42 Å². The smallest absolute Gasteiger partial charge is 0.374 e. The molecule has 1 saturated carbocycles. The summed E-state index contributed by atoms with van der Waals surface area (Å²) in [4.78, 5) is 19.0. The van der Waals surface area contributed by atoms with Gasteiger partial charge in [-0.05, 0) is 39.5 Å². The fourth-order valence-electron chi connectivity index (χ4n) is 2.14. The largest absolute Gasteiger partial charge is 0.475 e. The van der Waals surface area contributed by atoms with Crippen LogP contribution in [0.3, 0.4) is 0 Å². The second-order valence-corrected chi connectivity index (χ2v) is 5.04. The summed E-state index contributed by atoms with van der Waals surface area (Å²) in [7, 11) is 0. The number of aryl methyl sites for hydroxylation is 1. The number of rotatable bonds is 4. The zero-order chi connectivity index (χ0) is 13.3. The Labute approximate surface area is 107 Å². The van der Waals surface area contributed by atoms with E-state index < -0.39 is 5.97 Å². The third-order valence-corrected chi connectivity index (χ3v) is 3.80. The molecule has 0 radical (unpaired) electrons. The fourth-order valence-corrected chi connectivity index (χ4v) is 2.14. The van der Waals surface area contributed by atoms with Crippen LogP contribution in [0.2, 0.25) is 0 Å². The molecule has 0 aromatic carbocycles. The Kier molecular flexibility index (Phi) is 3.50. The van der Waals surface area contributed by atoms with E-state index in [-0.39, 0.29) is 5.82 Å². The summed E-state index contributed by atoms with van der Waals surface area (Å²) < 4.78 is 0. The van der Waals surface area contributed by atoms with Gasteiger partial charge in [0.1, 0.15) is 5.82 Å². The zero-order valence-corrected chi connectivity index (χ0v) is 11.0. The molecule has 1 heterocycles. The molecule has 0 spiro atoms. The van der Waals surface area contributed by atoms with Crippen LogP contribution in [0, 0.1) is 19.8 Å². The van der Waals surface area contributed by atoms with Crippen LogP contribution in [0.4, 0.5) is 5.82 Å². The molecular formula is C13H19N3O2. The third-order valence-electron chi connectivity index (χ3n) is 3.80. The molecule has 1 fully saturated rings. The maximum atomic E-state index is 11.0. The van der Waals surface area contributed by atoms with Crippen molar-refractivity contribution in [2.75, 3.05) is 5.32 Å². The number of aromatic carboxylic acids is 1. The van der Waals surface area contributed by atoms with E-state index in [4.69, 9.17) is 5.11 Å². The van der Waals surface area contributed by atoms with Crippen molar-refractivity contribution in [3.63, 3.8) is 0 Å². The van der Waals surface area contributed by atoms with Crippen LogP contribution >= 0.6 is 0 Å². The summed E-state index contributed by atoms with van der Waals surface area (Å²) in [5.41, 5.74) is 1.64. The van der Waals surface area contributed by atoms with Crippen LogP contribution in [0.15, 0.2) is 0 Å². The maximum absolute atomic E-state index is 11.0. The van der Waals surface area contributed by atoms with Crippen molar-refractivity contribution in [3.05, 3.63) is 17.1 Å². The normalized spacial score (nSPS) is 17.1. The molecule has 1 aromatic rings. The van der Waals surface area contributed by atoms with Crippen LogP contribution in [-0.4, -0.2) is 27.1 Å². The van der Waals surface area contributed by atoms with Gasteiger partial charge in [-0.25, -0.2) is 14.8 Å². The van der Waals surface area contributed by atoms with Gasteiger partial charge in [-0.2, -0.15) is 0 Å². The third kappa shape index (κ3) is 2.44. The molecule has 1 aromatic heterocycles. The summed E-state index contributed by atoms with van der Waals surface area (Å²) in [6.07, 6.45) is 3.77. The van der Waals surface area contributed by atoms with E-state index in [2.05, 4.69) is 22.2 Å². The van der Waals surface area contributed by atoms with Crippen LogP contribution in [0.5, 0.6) is 0 Å². The number of carboxylic acid groups (broad SMARTS) is 1. The lowest BCUT2D eigenvalue weighted by atomic mass is 9.80. The number of hydrogen-bond acceptors (Lipinski definition) is 4. The van der Waals surface area contributed by atoms with E-state index in [1.807, 2.05) is 13.8 Å². The minimum absolute atomic E-state index is 0.138. The Hall–Kier alpha value is -1.65. The highest BCUT2D eigenvalue weighted by Crippen LogP contribution is 2.31. The van der Waals surface area contributed by atoms with E-state index >= 15 is 0 Å². The number of anilines is 1. The van der Waals surface area contributed by atoms with Gasteiger partial charge in [0.05, 0.1) is 0 Å². The maximum Gasteiger partial charge on any atom is 0.374 e. The summed E-state index contributed by atoms with van der Waals surface area (Å²) >= 11 is 0. The molecule has 98 valence electrons. The van der Waals surface area contributed by atoms with Gasteiger partial charge in [-0.15, -0.1) is 0 Å². The molecule has 0 amide bonds. The van der Waals surface area contributed by atoms with Crippen molar-refractivity contribution in [3.8, 4) is 0 Å². The molecule has 1 aliphatic carbocycles. The van der Waals surface area contributed by atoms with Gasteiger partial charge in [0.2, 0.25) is 5.82 Å². The van der Waals surface area contributed by atoms with Gasteiger partial charge in [0, 0.05) is 17.3 Å². The lowest BCUT2D eigenvalue weighted by Crippen LogP contribution is -2.31. The molecule has 18 heavy (non-hydrogen) atoms. The standard InChI is InChI=1S/C13H19N3O2/c1-7-8(2)14-12(13(17)18)16-11(7)15-9(3)10-5-4-6-10/h9-10H,4-6H2,1-3H3,(H,17,18)(H,14,15,16)/t9-/m1/s1. The zero-order valence-electron chi connectivity index (χ0n) is 11.0. The average molecular weight is 249 g/mol. The topological polar surface area (TPSA) is 75.1 Å². The van der Waals surface area contributed by atoms with Crippen molar-refractivity contribution in [1.29, 1.82) is 0 Å². The first kappa shape index (κ1) is 12.8. The molecular weight excluding hydrogens is 230 g/mol. The van der Waals surface area contributed by atoms with E-state index in [1.165, 1.54) is 19.3 Å². The number of aromatic nitrogens is 2. The molecule has 0 unspecified atom stereocenters. The van der Waals surface area contributed by atoms with E-state index in [0.29, 0.717) is 23.5 Å². The lowest BCUT2D eigenvalue weighted by Gasteiger charge is -2.32. The van der Waals surface area contributed by atoms with Crippen LogP contribution in [0.25, 0.3) is 0 Å². The Bertz CT molecular complexity index is 470. The predicted molar refractivity (Wildman–Crippen MR) is 68.9 cm³/mol. The van der Waals surface area contributed by atoms with E-state index in [1.54, 1.807) is 0 Å². The van der Waals surface area contributed by atoms with Crippen molar-refractivity contribution >= 4 is 11.8 Å². The Morgan fingerprint density at radius 2 is 2.06 bits per heavy atom. The molecule has 0 bridgehead atoms. The average Bonchev–Trinajstić information content (AvgIpc) is 2.21. The van der Waals surface area contributed by atoms with Crippen molar-refractivity contribution in [2.24, 2.45) is 5.92 Å². The number of carbonyl (C=O) groups is 1. The summed E-state index contributed by atoms with van der Waals surface area (Å²) in [6.45, 7) is 5.85. The SMILES string of the molecule is Cc1nc(C(=O)O)nc(N[C@H](C)C2CCC2)c1C. The summed E-state index contributed by atoms with van der Waals surface area (Å²) in [5.74, 6) is 0.103. The predicted octanol–water partition coefficient (Wildman–Crippen LogP) is 2.39. The lowest BCUT2D eigenvalue weighted by molar-refractivity contribution is 0.0683. The Morgan fingerprint density at radius 1 is 1.39 bits per heavy atom. The van der Waals surface area contributed by atoms with Gasteiger partial charge >= 0.3 is 5.97 Å². The van der Waals surface area contributed by atoms with Crippen LogP contribution < -0.4 is 5.32 Å². The highest BCUT2D eigenvalue weighted by molar-refractivity contribution is 5.83.